The Hall–Kier alpha value is -2.13. The maximum Gasteiger partial charge on any atom is 0.255 e. The summed E-state index contributed by atoms with van der Waals surface area (Å²) in [5.74, 6) is 0.0314. The van der Waals surface area contributed by atoms with E-state index in [9.17, 15) is 13.2 Å². The molecule has 0 aromatic heterocycles. The van der Waals surface area contributed by atoms with Gasteiger partial charge in [-0.2, -0.15) is 4.31 Å². The molecule has 0 spiro atoms. The van der Waals surface area contributed by atoms with Gasteiger partial charge in [-0.3, -0.25) is 4.79 Å². The Morgan fingerprint density at radius 1 is 1.10 bits per heavy atom. The number of ether oxygens (including phenoxy) is 1. The zero-order chi connectivity index (χ0) is 21.0. The van der Waals surface area contributed by atoms with Crippen LogP contribution in [0.25, 0.3) is 0 Å². The van der Waals surface area contributed by atoms with Crippen LogP contribution in [0.1, 0.15) is 17.3 Å². The summed E-state index contributed by atoms with van der Waals surface area (Å²) in [6.45, 7) is 4.41. The zero-order valence-electron chi connectivity index (χ0n) is 16.4. The van der Waals surface area contributed by atoms with Gasteiger partial charge in [0.25, 0.3) is 5.91 Å². The number of carbonyl (C=O) groups is 1. The number of halogens is 1. The third-order valence-electron chi connectivity index (χ3n) is 4.71. The second-order valence-electron chi connectivity index (χ2n) is 6.76. The van der Waals surface area contributed by atoms with Gasteiger partial charge in [0.2, 0.25) is 10.0 Å². The van der Waals surface area contributed by atoms with Crippen molar-refractivity contribution in [3.8, 4) is 5.75 Å². The van der Waals surface area contributed by atoms with E-state index in [1.54, 1.807) is 30.3 Å². The summed E-state index contributed by atoms with van der Waals surface area (Å²) < 4.78 is 33.1. The number of likely N-dealkylation sites (N-methyl/N-ethyl adjacent to an activating group) is 1. The molecule has 9 heteroatoms. The lowest BCUT2D eigenvalue weighted by Gasteiger charge is -2.31. The predicted molar refractivity (Wildman–Crippen MR) is 113 cm³/mol. The number of carbonyl (C=O) groups excluding carboxylic acids is 1. The molecular weight excluding hydrogens is 414 g/mol. The van der Waals surface area contributed by atoms with Gasteiger partial charge in [0.05, 0.1) is 17.2 Å². The summed E-state index contributed by atoms with van der Waals surface area (Å²) in [6.07, 6.45) is 0. The molecule has 1 aliphatic rings. The smallest absolute Gasteiger partial charge is 0.255 e. The van der Waals surface area contributed by atoms with Crippen LogP contribution in [-0.2, 0) is 10.0 Å². The van der Waals surface area contributed by atoms with Gasteiger partial charge in [0.15, 0.2) is 0 Å². The van der Waals surface area contributed by atoms with E-state index in [0.717, 1.165) is 0 Å². The molecule has 1 heterocycles. The number of benzene rings is 2. The Labute approximate surface area is 176 Å². The van der Waals surface area contributed by atoms with E-state index in [0.29, 0.717) is 54.8 Å². The molecule has 1 N–H and O–H groups in total. The minimum absolute atomic E-state index is 0.122. The summed E-state index contributed by atoms with van der Waals surface area (Å²) in [5.41, 5.74) is 0.714. The number of nitrogens with one attached hydrogen (secondary N) is 1. The fraction of sp³-hybridized carbons (Fsp3) is 0.350. The fourth-order valence-corrected chi connectivity index (χ4v) is 4.60. The third kappa shape index (κ3) is 5.08. The number of anilines is 1. The van der Waals surface area contributed by atoms with Crippen molar-refractivity contribution in [2.24, 2.45) is 0 Å². The lowest BCUT2D eigenvalue weighted by Crippen LogP contribution is -2.47. The van der Waals surface area contributed by atoms with E-state index in [4.69, 9.17) is 16.3 Å². The molecule has 0 radical (unpaired) electrons. The second kappa shape index (κ2) is 9.13. The number of hydrogen-bond acceptors (Lipinski definition) is 5. The first-order chi connectivity index (χ1) is 13.8. The molecule has 0 bridgehead atoms. The molecule has 0 aliphatic carbocycles. The zero-order valence-corrected chi connectivity index (χ0v) is 18.0. The van der Waals surface area contributed by atoms with Gasteiger partial charge in [-0.05, 0) is 56.4 Å². The quantitative estimate of drug-likeness (QED) is 0.751. The molecule has 1 amide bonds. The summed E-state index contributed by atoms with van der Waals surface area (Å²) >= 11 is 5.87. The standard InChI is InChI=1S/C20H24ClN3O4S/c1-3-28-19-9-8-17(29(26,27)24-12-10-23(2)11-13-24)14-18(19)22-20(25)15-4-6-16(21)7-5-15/h4-9,14H,3,10-13H2,1-2H3,(H,22,25). The monoisotopic (exact) mass is 437 g/mol. The minimum Gasteiger partial charge on any atom is -0.492 e. The van der Waals surface area contributed by atoms with Crippen LogP contribution in [0.4, 0.5) is 5.69 Å². The van der Waals surface area contributed by atoms with Crippen LogP contribution < -0.4 is 10.1 Å². The number of sulfonamides is 1. The van der Waals surface area contributed by atoms with Gasteiger partial charge in [-0.25, -0.2) is 8.42 Å². The maximum absolute atomic E-state index is 13.0. The lowest BCUT2D eigenvalue weighted by atomic mass is 10.2. The summed E-state index contributed by atoms with van der Waals surface area (Å²) in [4.78, 5) is 14.8. The first kappa shape index (κ1) is 21.6. The van der Waals surface area contributed by atoms with Crippen molar-refractivity contribution in [2.75, 3.05) is 45.2 Å². The van der Waals surface area contributed by atoms with Gasteiger partial charge >= 0.3 is 0 Å². The Bertz CT molecular complexity index is 972. The van der Waals surface area contributed by atoms with Crippen molar-refractivity contribution in [2.45, 2.75) is 11.8 Å². The highest BCUT2D eigenvalue weighted by molar-refractivity contribution is 7.89. The first-order valence-corrected chi connectivity index (χ1v) is 11.2. The van der Waals surface area contributed by atoms with E-state index < -0.39 is 10.0 Å². The molecular formula is C20H24ClN3O4S. The van der Waals surface area contributed by atoms with Gasteiger partial charge in [0, 0.05) is 36.8 Å². The Morgan fingerprint density at radius 3 is 2.38 bits per heavy atom. The SMILES string of the molecule is CCOc1ccc(S(=O)(=O)N2CCN(C)CC2)cc1NC(=O)c1ccc(Cl)cc1. The lowest BCUT2D eigenvalue weighted by molar-refractivity contribution is 0.102. The number of rotatable bonds is 6. The van der Waals surface area contributed by atoms with E-state index >= 15 is 0 Å². The molecule has 2 aromatic carbocycles. The average molecular weight is 438 g/mol. The first-order valence-electron chi connectivity index (χ1n) is 9.33. The van der Waals surface area contributed by atoms with Crippen LogP contribution >= 0.6 is 11.6 Å². The summed E-state index contributed by atoms with van der Waals surface area (Å²) in [5, 5.41) is 3.28. The molecule has 29 heavy (non-hydrogen) atoms. The molecule has 156 valence electrons. The molecule has 1 saturated heterocycles. The molecule has 2 aromatic rings. The van der Waals surface area contributed by atoms with Crippen LogP contribution in [-0.4, -0.2) is 63.4 Å². The second-order valence-corrected chi connectivity index (χ2v) is 9.13. The van der Waals surface area contributed by atoms with Gasteiger partial charge in [0.1, 0.15) is 5.75 Å². The van der Waals surface area contributed by atoms with E-state index in [1.165, 1.54) is 16.4 Å². The summed E-state index contributed by atoms with van der Waals surface area (Å²) in [6, 6.07) is 11.0. The van der Waals surface area contributed by atoms with Crippen molar-refractivity contribution in [3.63, 3.8) is 0 Å². The van der Waals surface area contributed by atoms with Crippen molar-refractivity contribution >= 4 is 33.2 Å². The predicted octanol–water partition coefficient (Wildman–Crippen LogP) is 2.93. The normalized spacial score (nSPS) is 15.8. The molecule has 0 unspecified atom stereocenters. The fourth-order valence-electron chi connectivity index (χ4n) is 3.02. The van der Waals surface area contributed by atoms with E-state index in [2.05, 4.69) is 10.2 Å². The third-order valence-corrected chi connectivity index (χ3v) is 6.85. The van der Waals surface area contributed by atoms with Crippen LogP contribution in [0.15, 0.2) is 47.4 Å². The van der Waals surface area contributed by atoms with Crippen LogP contribution in [0.5, 0.6) is 5.75 Å². The van der Waals surface area contributed by atoms with Crippen LogP contribution in [0.3, 0.4) is 0 Å². The number of piperazine rings is 1. The Balaban J connectivity index is 1.89. The number of nitrogens with zero attached hydrogens (tertiary/aromatic N) is 2. The van der Waals surface area contributed by atoms with Crippen molar-refractivity contribution in [3.05, 3.63) is 53.1 Å². The van der Waals surface area contributed by atoms with Crippen LogP contribution in [0, 0.1) is 0 Å². The highest BCUT2D eigenvalue weighted by Crippen LogP contribution is 2.30. The molecule has 3 rings (SSSR count). The van der Waals surface area contributed by atoms with Gasteiger partial charge in [-0.1, -0.05) is 11.6 Å². The highest BCUT2D eigenvalue weighted by Gasteiger charge is 2.28. The molecule has 1 aliphatic heterocycles. The molecule has 7 nitrogen and oxygen atoms in total. The maximum atomic E-state index is 13.0. The van der Waals surface area contributed by atoms with E-state index in [1.807, 2.05) is 14.0 Å². The minimum atomic E-state index is -3.66. The highest BCUT2D eigenvalue weighted by atomic mass is 35.5. The molecule has 0 atom stereocenters. The average Bonchev–Trinajstić information content (AvgIpc) is 2.70. The van der Waals surface area contributed by atoms with Crippen LogP contribution in [0.2, 0.25) is 5.02 Å². The Morgan fingerprint density at radius 2 is 1.76 bits per heavy atom. The molecule has 1 fully saturated rings. The largest absolute Gasteiger partial charge is 0.492 e. The van der Waals surface area contributed by atoms with E-state index in [-0.39, 0.29) is 10.8 Å². The number of amides is 1. The molecule has 0 saturated carbocycles. The Kier molecular flexibility index (Phi) is 6.79. The topological polar surface area (TPSA) is 79.0 Å². The number of hydrogen-bond donors (Lipinski definition) is 1. The van der Waals surface area contributed by atoms with Crippen molar-refractivity contribution < 1.29 is 17.9 Å². The van der Waals surface area contributed by atoms with Gasteiger partial charge in [-0.15, -0.1) is 0 Å². The van der Waals surface area contributed by atoms with Crippen molar-refractivity contribution in [1.82, 2.24) is 9.21 Å². The van der Waals surface area contributed by atoms with Gasteiger partial charge < -0.3 is 15.0 Å². The van der Waals surface area contributed by atoms with Crippen molar-refractivity contribution in [1.29, 1.82) is 0 Å². The summed E-state index contributed by atoms with van der Waals surface area (Å²) in [7, 11) is -1.70.